The first kappa shape index (κ1) is 12.8. The van der Waals surface area contributed by atoms with E-state index < -0.39 is 18.5 Å². The summed E-state index contributed by atoms with van der Waals surface area (Å²) in [5.41, 5.74) is 6.02. The molecule has 1 rings (SSSR count). The second-order valence-electron chi connectivity index (χ2n) is 3.06. The highest BCUT2D eigenvalue weighted by molar-refractivity contribution is 5.77. The molecule has 6 nitrogen and oxygen atoms in total. The number of ether oxygens (including phenoxy) is 3. The molecule has 0 radical (unpaired) electrons. The van der Waals surface area contributed by atoms with E-state index in [0.717, 1.165) is 0 Å². The van der Waals surface area contributed by atoms with Crippen LogP contribution in [0.15, 0.2) is 24.3 Å². The number of hydrogen-bond donors (Lipinski definition) is 1. The van der Waals surface area contributed by atoms with Crippen LogP contribution in [0.5, 0.6) is 5.75 Å². The average molecular weight is 239 g/mol. The highest BCUT2D eigenvalue weighted by Gasteiger charge is 2.08. The van der Waals surface area contributed by atoms with Gasteiger partial charge in [-0.15, -0.1) is 0 Å². The van der Waals surface area contributed by atoms with E-state index in [4.69, 9.17) is 10.5 Å². The van der Waals surface area contributed by atoms with E-state index in [9.17, 15) is 9.59 Å². The van der Waals surface area contributed by atoms with E-state index in [1.807, 2.05) is 0 Å². The zero-order chi connectivity index (χ0) is 12.7. The first-order chi connectivity index (χ1) is 8.13. The van der Waals surface area contributed by atoms with E-state index in [-0.39, 0.29) is 6.61 Å². The van der Waals surface area contributed by atoms with Gasteiger partial charge >= 0.3 is 11.9 Å². The lowest BCUT2D eigenvalue weighted by Gasteiger charge is -2.07. The molecule has 1 aromatic carbocycles. The van der Waals surface area contributed by atoms with E-state index >= 15 is 0 Å². The zero-order valence-corrected chi connectivity index (χ0v) is 9.34. The third-order valence-corrected chi connectivity index (χ3v) is 1.84. The predicted octanol–water partition coefficient (Wildman–Crippen LogP) is 0.364. The lowest BCUT2D eigenvalue weighted by molar-refractivity contribution is -0.158. The van der Waals surface area contributed by atoms with Gasteiger partial charge in [0.2, 0.25) is 0 Å². The maximum absolute atomic E-state index is 11.2. The fraction of sp³-hybridized carbons (Fsp3) is 0.273. The Labute approximate surface area is 98.3 Å². The molecule has 0 saturated heterocycles. The molecule has 1 aromatic rings. The van der Waals surface area contributed by atoms with Gasteiger partial charge in [-0.2, -0.15) is 0 Å². The molecular weight excluding hydrogens is 226 g/mol. The third kappa shape index (κ3) is 4.42. The van der Waals surface area contributed by atoms with Crippen LogP contribution < -0.4 is 10.5 Å². The summed E-state index contributed by atoms with van der Waals surface area (Å²) in [4.78, 5) is 21.8. The van der Waals surface area contributed by atoms with Crippen molar-refractivity contribution in [2.75, 3.05) is 26.1 Å². The molecule has 0 spiro atoms. The van der Waals surface area contributed by atoms with E-state index in [1.54, 1.807) is 24.3 Å². The first-order valence-electron chi connectivity index (χ1n) is 4.83. The molecule has 0 bridgehead atoms. The summed E-state index contributed by atoms with van der Waals surface area (Å²) in [7, 11) is 1.21. The van der Waals surface area contributed by atoms with Crippen molar-refractivity contribution >= 4 is 17.6 Å². The number of para-hydroxylation sites is 2. The zero-order valence-electron chi connectivity index (χ0n) is 9.34. The minimum Gasteiger partial charge on any atom is -0.480 e. The molecular formula is C11H13NO5. The standard InChI is InChI=1S/C11H13NO5/c1-15-10(13)6-17-11(14)7-16-9-5-3-2-4-8(9)12/h2-5H,6-7,12H2,1H3. The highest BCUT2D eigenvalue weighted by atomic mass is 16.6. The van der Waals surface area contributed by atoms with Crippen molar-refractivity contribution in [2.24, 2.45) is 0 Å². The Morgan fingerprint density at radius 3 is 2.53 bits per heavy atom. The second kappa shape index (κ2) is 6.37. The van der Waals surface area contributed by atoms with Gasteiger partial charge < -0.3 is 19.9 Å². The molecule has 0 aliphatic heterocycles. The summed E-state index contributed by atoms with van der Waals surface area (Å²) in [6.45, 7) is -0.742. The summed E-state index contributed by atoms with van der Waals surface area (Å²) in [5, 5.41) is 0. The Balaban J connectivity index is 2.34. The van der Waals surface area contributed by atoms with Crippen molar-refractivity contribution in [3.8, 4) is 5.75 Å². The number of rotatable bonds is 5. The average Bonchev–Trinajstić information content (AvgIpc) is 2.35. The predicted molar refractivity (Wildman–Crippen MR) is 59.3 cm³/mol. The minimum atomic E-state index is -0.668. The van der Waals surface area contributed by atoms with Crippen molar-refractivity contribution in [1.29, 1.82) is 0 Å². The summed E-state index contributed by atoms with van der Waals surface area (Å²) in [6.07, 6.45) is 0. The van der Waals surface area contributed by atoms with Gasteiger partial charge in [0.25, 0.3) is 0 Å². The van der Waals surface area contributed by atoms with Crippen LogP contribution in [0, 0.1) is 0 Å². The lowest BCUT2D eigenvalue weighted by atomic mass is 10.3. The van der Waals surface area contributed by atoms with Gasteiger partial charge in [-0.3, -0.25) is 0 Å². The summed E-state index contributed by atoms with van der Waals surface area (Å²) >= 11 is 0. The van der Waals surface area contributed by atoms with E-state index in [2.05, 4.69) is 9.47 Å². The normalized spacial score (nSPS) is 9.47. The van der Waals surface area contributed by atoms with Crippen LogP contribution in [-0.4, -0.2) is 32.3 Å². The third-order valence-electron chi connectivity index (χ3n) is 1.84. The summed E-state index contributed by atoms with van der Waals surface area (Å²) in [5.74, 6) is -0.904. The monoisotopic (exact) mass is 239 g/mol. The summed E-state index contributed by atoms with van der Waals surface area (Å²) in [6, 6.07) is 6.75. The van der Waals surface area contributed by atoms with Crippen LogP contribution in [0.25, 0.3) is 0 Å². The van der Waals surface area contributed by atoms with Gasteiger partial charge in [0.1, 0.15) is 5.75 Å². The fourth-order valence-electron chi connectivity index (χ4n) is 0.989. The van der Waals surface area contributed by atoms with Gasteiger partial charge in [0.05, 0.1) is 12.8 Å². The Morgan fingerprint density at radius 1 is 1.18 bits per heavy atom. The molecule has 0 aliphatic rings. The van der Waals surface area contributed by atoms with Crippen molar-refractivity contribution in [1.82, 2.24) is 0 Å². The highest BCUT2D eigenvalue weighted by Crippen LogP contribution is 2.19. The molecule has 0 aliphatic carbocycles. The maximum atomic E-state index is 11.2. The first-order valence-corrected chi connectivity index (χ1v) is 4.83. The van der Waals surface area contributed by atoms with Crippen molar-refractivity contribution < 1.29 is 23.8 Å². The van der Waals surface area contributed by atoms with Crippen LogP contribution in [-0.2, 0) is 19.1 Å². The maximum Gasteiger partial charge on any atom is 0.344 e. The minimum absolute atomic E-state index is 0.314. The molecule has 0 amide bonds. The number of nitrogen functional groups attached to an aromatic ring is 1. The molecule has 0 saturated carbocycles. The fourth-order valence-corrected chi connectivity index (χ4v) is 0.989. The van der Waals surface area contributed by atoms with Crippen LogP contribution in [0.2, 0.25) is 0 Å². The van der Waals surface area contributed by atoms with E-state index in [1.165, 1.54) is 7.11 Å². The van der Waals surface area contributed by atoms with Crippen LogP contribution in [0.4, 0.5) is 5.69 Å². The Kier molecular flexibility index (Phi) is 4.80. The van der Waals surface area contributed by atoms with Crippen LogP contribution >= 0.6 is 0 Å². The van der Waals surface area contributed by atoms with Crippen molar-refractivity contribution in [3.63, 3.8) is 0 Å². The number of anilines is 1. The molecule has 6 heteroatoms. The van der Waals surface area contributed by atoms with Crippen LogP contribution in [0.3, 0.4) is 0 Å². The van der Waals surface area contributed by atoms with Gasteiger partial charge in [-0.1, -0.05) is 12.1 Å². The number of esters is 2. The van der Waals surface area contributed by atoms with Crippen LogP contribution in [0.1, 0.15) is 0 Å². The molecule has 0 atom stereocenters. The van der Waals surface area contributed by atoms with Gasteiger partial charge in [-0.05, 0) is 12.1 Å². The van der Waals surface area contributed by atoms with Gasteiger partial charge in [0.15, 0.2) is 13.2 Å². The van der Waals surface area contributed by atoms with Gasteiger partial charge in [-0.25, -0.2) is 9.59 Å². The molecule has 92 valence electrons. The largest absolute Gasteiger partial charge is 0.480 e. The number of nitrogens with two attached hydrogens (primary N) is 1. The second-order valence-corrected chi connectivity index (χ2v) is 3.06. The number of hydrogen-bond acceptors (Lipinski definition) is 6. The number of methoxy groups -OCH3 is 1. The van der Waals surface area contributed by atoms with Crippen molar-refractivity contribution in [3.05, 3.63) is 24.3 Å². The molecule has 0 fully saturated rings. The van der Waals surface area contributed by atoms with E-state index in [0.29, 0.717) is 11.4 Å². The topological polar surface area (TPSA) is 87.8 Å². The van der Waals surface area contributed by atoms with Gasteiger partial charge in [0, 0.05) is 0 Å². The number of carbonyl (C=O) groups is 2. The Hall–Kier alpha value is -2.24. The number of carbonyl (C=O) groups excluding carboxylic acids is 2. The molecule has 0 unspecified atom stereocenters. The molecule has 17 heavy (non-hydrogen) atoms. The number of benzene rings is 1. The van der Waals surface area contributed by atoms with Crippen molar-refractivity contribution in [2.45, 2.75) is 0 Å². The summed E-state index contributed by atoms with van der Waals surface area (Å²) < 4.78 is 14.0. The lowest BCUT2D eigenvalue weighted by Crippen LogP contribution is -2.20. The molecule has 0 heterocycles. The SMILES string of the molecule is COC(=O)COC(=O)COc1ccccc1N. The smallest absolute Gasteiger partial charge is 0.344 e. The molecule has 2 N–H and O–H groups in total. The Bertz CT molecular complexity index is 405. The quantitative estimate of drug-likeness (QED) is 0.589. The Morgan fingerprint density at radius 2 is 1.88 bits per heavy atom. The molecule has 0 aromatic heterocycles.